The molecule has 0 unspecified atom stereocenters. The summed E-state index contributed by atoms with van der Waals surface area (Å²) in [6.07, 6.45) is 6.73. The summed E-state index contributed by atoms with van der Waals surface area (Å²) in [6, 6.07) is 7.72. The van der Waals surface area contributed by atoms with Crippen LogP contribution in [0.3, 0.4) is 0 Å². The number of carbonyl (C=O) groups is 1. The molecule has 0 bridgehead atoms. The van der Waals surface area contributed by atoms with Crippen LogP contribution in [0.4, 0.5) is 11.4 Å². The van der Waals surface area contributed by atoms with Gasteiger partial charge in [0, 0.05) is 31.9 Å². The third-order valence-corrected chi connectivity index (χ3v) is 8.81. The Labute approximate surface area is 188 Å². The van der Waals surface area contributed by atoms with E-state index >= 15 is 0 Å². The third-order valence-electron chi connectivity index (χ3n) is 6.48. The van der Waals surface area contributed by atoms with Crippen LogP contribution in [0.1, 0.15) is 48.2 Å². The minimum Gasteiger partial charge on any atom is -0.378 e. The number of carbonyl (C=O) groups excluding carboxylic acids is 1. The van der Waals surface area contributed by atoms with E-state index in [1.54, 1.807) is 34.9 Å². The lowest BCUT2D eigenvalue weighted by Gasteiger charge is -2.39. The van der Waals surface area contributed by atoms with Crippen molar-refractivity contribution < 1.29 is 13.2 Å². The van der Waals surface area contributed by atoms with Crippen LogP contribution < -0.4 is 10.2 Å². The zero-order valence-electron chi connectivity index (χ0n) is 18.4. The van der Waals surface area contributed by atoms with Crippen molar-refractivity contribution in [2.75, 3.05) is 30.4 Å². The predicted octanol–water partition coefficient (Wildman–Crippen LogP) is 2.61. The lowest BCUT2D eigenvalue weighted by Crippen LogP contribution is -2.57. The highest BCUT2D eigenvalue weighted by atomic mass is 32.2. The van der Waals surface area contributed by atoms with Gasteiger partial charge in [0.15, 0.2) is 0 Å². The number of amides is 1. The van der Waals surface area contributed by atoms with Gasteiger partial charge in [-0.25, -0.2) is 8.42 Å². The number of fused-ring (bicyclic) bond motifs is 1. The number of nitrogens with zero attached hydrogens (tertiary/aromatic N) is 4. The summed E-state index contributed by atoms with van der Waals surface area (Å²) in [5.41, 5.74) is 3.52. The number of sulfonamides is 1. The number of nitrogens with one attached hydrogen (secondary N) is 1. The van der Waals surface area contributed by atoms with Gasteiger partial charge in [0.05, 0.1) is 40.6 Å². The first kappa shape index (κ1) is 21.1. The van der Waals surface area contributed by atoms with E-state index in [9.17, 15) is 13.2 Å². The van der Waals surface area contributed by atoms with Gasteiger partial charge in [-0.05, 0) is 56.0 Å². The van der Waals surface area contributed by atoms with E-state index in [-0.39, 0.29) is 17.2 Å². The van der Waals surface area contributed by atoms with E-state index in [4.69, 9.17) is 0 Å². The van der Waals surface area contributed by atoms with Crippen LogP contribution in [-0.4, -0.2) is 61.3 Å². The Balaban J connectivity index is 1.35. The van der Waals surface area contributed by atoms with Crippen LogP contribution in [0.5, 0.6) is 0 Å². The molecule has 1 aliphatic carbocycles. The molecule has 168 valence electrons. The van der Waals surface area contributed by atoms with Crippen LogP contribution in [0.15, 0.2) is 41.7 Å². The fraction of sp³-hybridized carbons (Fsp3) is 0.435. The molecular weight excluding hydrogens is 426 g/mol. The van der Waals surface area contributed by atoms with E-state index in [0.717, 1.165) is 29.7 Å². The predicted molar refractivity (Wildman–Crippen MR) is 125 cm³/mol. The molecule has 3 aliphatic rings. The molecule has 2 fully saturated rings. The second kappa shape index (κ2) is 7.38. The summed E-state index contributed by atoms with van der Waals surface area (Å²) in [5.74, 6) is -0.0608. The van der Waals surface area contributed by atoms with Gasteiger partial charge < -0.3 is 5.32 Å². The minimum atomic E-state index is -3.12. The van der Waals surface area contributed by atoms with Crippen LogP contribution in [0.2, 0.25) is 0 Å². The summed E-state index contributed by atoms with van der Waals surface area (Å²) >= 11 is 0. The molecule has 5 rings (SSSR count). The van der Waals surface area contributed by atoms with Crippen molar-refractivity contribution >= 4 is 33.5 Å². The summed E-state index contributed by atoms with van der Waals surface area (Å²) in [6.45, 7) is 4.97. The highest BCUT2D eigenvalue weighted by Gasteiger charge is 2.46. The number of pyridine rings is 1. The molecule has 0 atom stereocenters. The van der Waals surface area contributed by atoms with Gasteiger partial charge in [-0.1, -0.05) is 6.07 Å². The van der Waals surface area contributed by atoms with Gasteiger partial charge >= 0.3 is 0 Å². The maximum absolute atomic E-state index is 13.3. The smallest absolute Gasteiger partial charge is 0.259 e. The molecule has 0 spiro atoms. The number of hydrogen-bond acceptors (Lipinski definition) is 6. The lowest BCUT2D eigenvalue weighted by atomic mass is 9.92. The first-order valence-electron chi connectivity index (χ1n) is 10.8. The summed E-state index contributed by atoms with van der Waals surface area (Å²) in [4.78, 5) is 23.5. The highest BCUT2D eigenvalue weighted by Crippen LogP contribution is 2.42. The van der Waals surface area contributed by atoms with Crippen molar-refractivity contribution in [1.29, 1.82) is 0 Å². The number of hydrogen-bond donors (Lipinski definition) is 1. The lowest BCUT2D eigenvalue weighted by molar-refractivity contribution is 0.0982. The van der Waals surface area contributed by atoms with Gasteiger partial charge in [0.2, 0.25) is 10.0 Å². The Bertz CT molecular complexity index is 1210. The van der Waals surface area contributed by atoms with E-state index in [1.165, 1.54) is 0 Å². The fourth-order valence-electron chi connectivity index (χ4n) is 4.60. The fourth-order valence-corrected chi connectivity index (χ4v) is 6.53. The molecule has 1 aromatic heterocycles. The van der Waals surface area contributed by atoms with Gasteiger partial charge in [-0.15, -0.1) is 0 Å². The van der Waals surface area contributed by atoms with Gasteiger partial charge in [0.1, 0.15) is 0 Å². The van der Waals surface area contributed by atoms with E-state index in [1.807, 2.05) is 38.1 Å². The van der Waals surface area contributed by atoms with Crippen molar-refractivity contribution in [3.63, 3.8) is 0 Å². The first-order chi connectivity index (χ1) is 15.2. The summed E-state index contributed by atoms with van der Waals surface area (Å²) < 4.78 is 26.2. The van der Waals surface area contributed by atoms with Gasteiger partial charge in [-0.3, -0.25) is 19.7 Å². The molecule has 1 saturated heterocycles. The molecule has 1 N–H and O–H groups in total. The van der Waals surface area contributed by atoms with Gasteiger partial charge in [0.25, 0.3) is 5.91 Å². The average Bonchev–Trinajstić information content (AvgIpc) is 3.54. The molecular formula is C23H27N5O3S. The molecule has 1 aromatic carbocycles. The Hall–Kier alpha value is -2.78. The number of rotatable bonds is 6. The average molecular weight is 454 g/mol. The number of aliphatic imine (C=N–C) groups is 1. The van der Waals surface area contributed by atoms with Crippen molar-refractivity contribution in [2.45, 2.75) is 43.5 Å². The summed E-state index contributed by atoms with van der Waals surface area (Å²) in [7, 11) is -1.40. The molecule has 2 aliphatic heterocycles. The van der Waals surface area contributed by atoms with Crippen LogP contribution in [0.25, 0.3) is 0 Å². The molecule has 9 heteroatoms. The van der Waals surface area contributed by atoms with E-state index in [0.29, 0.717) is 24.3 Å². The Morgan fingerprint density at radius 1 is 1.19 bits per heavy atom. The van der Waals surface area contributed by atoms with E-state index < -0.39 is 15.6 Å². The number of benzene rings is 1. The first-order valence-corrected chi connectivity index (χ1v) is 12.3. The minimum absolute atomic E-state index is 0.0379. The quantitative estimate of drug-likeness (QED) is 0.679. The number of anilines is 2. The standard InChI is InChI=1S/C23H27N5O3S/c1-23(2)21-8-15(10-24-3)4-7-20(21)22(29)28(23)18-9-16(11-25-12-18)26-17-13-27(14-17)32(30,31)19-5-6-19/h4,7-12,17,19,26H,5-6,13-14H2,1-3H3/b24-10+. The molecule has 32 heavy (non-hydrogen) atoms. The normalized spacial score (nSPS) is 21.1. The van der Waals surface area contributed by atoms with Crippen LogP contribution in [-0.2, 0) is 15.6 Å². The maximum Gasteiger partial charge on any atom is 0.259 e. The summed E-state index contributed by atoms with van der Waals surface area (Å²) in [5, 5.41) is 3.19. The molecule has 1 saturated carbocycles. The van der Waals surface area contributed by atoms with Gasteiger partial charge in [-0.2, -0.15) is 4.31 Å². The zero-order chi connectivity index (χ0) is 22.7. The molecule has 1 amide bonds. The highest BCUT2D eigenvalue weighted by molar-refractivity contribution is 7.90. The Morgan fingerprint density at radius 3 is 2.62 bits per heavy atom. The van der Waals surface area contributed by atoms with Crippen LogP contribution in [0, 0.1) is 0 Å². The Morgan fingerprint density at radius 2 is 1.94 bits per heavy atom. The molecule has 3 heterocycles. The third kappa shape index (κ3) is 3.40. The van der Waals surface area contributed by atoms with Crippen LogP contribution >= 0.6 is 0 Å². The second-order valence-corrected chi connectivity index (χ2v) is 11.4. The van der Waals surface area contributed by atoms with Crippen molar-refractivity contribution in [3.8, 4) is 0 Å². The molecule has 8 nitrogen and oxygen atoms in total. The number of aromatic nitrogens is 1. The van der Waals surface area contributed by atoms with Crippen molar-refractivity contribution in [2.24, 2.45) is 4.99 Å². The van der Waals surface area contributed by atoms with Crippen molar-refractivity contribution in [3.05, 3.63) is 53.3 Å². The topological polar surface area (TPSA) is 95.0 Å². The monoisotopic (exact) mass is 453 g/mol. The van der Waals surface area contributed by atoms with E-state index in [2.05, 4.69) is 15.3 Å². The second-order valence-electron chi connectivity index (χ2n) is 9.23. The largest absolute Gasteiger partial charge is 0.378 e. The zero-order valence-corrected chi connectivity index (χ0v) is 19.3. The SMILES string of the molecule is C/N=C/c1ccc2c(c1)C(C)(C)N(c1cncc(NC3CN(S(=O)(=O)C4CC4)C3)c1)C2=O. The Kier molecular flexibility index (Phi) is 4.86. The molecule has 0 radical (unpaired) electrons. The maximum atomic E-state index is 13.3. The van der Waals surface area contributed by atoms with Crippen molar-refractivity contribution in [1.82, 2.24) is 9.29 Å². The molecule has 2 aromatic rings.